The first-order valence-electron chi connectivity index (χ1n) is 5.53. The number of rotatable bonds is 3. The first-order chi connectivity index (χ1) is 8.08. The van der Waals surface area contributed by atoms with Crippen molar-refractivity contribution in [2.75, 3.05) is 0 Å². The number of carbonyl (C=O) groups is 1. The summed E-state index contributed by atoms with van der Waals surface area (Å²) in [4.78, 5) is 11.1. The van der Waals surface area contributed by atoms with Crippen LogP contribution in [0.1, 0.15) is 27.3 Å². The van der Waals surface area contributed by atoms with Crippen LogP contribution < -0.4 is 0 Å². The van der Waals surface area contributed by atoms with E-state index in [-0.39, 0.29) is 0 Å². The SMILES string of the molecule is Cc1ccc(Cn2c(C)ccc2C(=O)O)cc1. The molecule has 0 fully saturated rings. The summed E-state index contributed by atoms with van der Waals surface area (Å²) in [5.41, 5.74) is 3.61. The van der Waals surface area contributed by atoms with Crippen molar-refractivity contribution in [2.45, 2.75) is 20.4 Å². The second kappa shape index (κ2) is 4.45. The molecule has 1 N–H and O–H groups in total. The van der Waals surface area contributed by atoms with Crippen molar-refractivity contribution in [1.82, 2.24) is 4.57 Å². The summed E-state index contributed by atoms with van der Waals surface area (Å²) in [6.07, 6.45) is 0. The van der Waals surface area contributed by atoms with Crippen LogP contribution in [0.15, 0.2) is 36.4 Å². The minimum atomic E-state index is -0.884. The Morgan fingerprint density at radius 1 is 1.12 bits per heavy atom. The van der Waals surface area contributed by atoms with Gasteiger partial charge in [0.2, 0.25) is 0 Å². The van der Waals surface area contributed by atoms with Crippen LogP contribution in [0.4, 0.5) is 0 Å². The van der Waals surface area contributed by atoms with Crippen molar-refractivity contribution < 1.29 is 9.90 Å². The molecule has 0 aliphatic heterocycles. The molecular formula is C14H15NO2. The highest BCUT2D eigenvalue weighted by Crippen LogP contribution is 2.13. The molecule has 88 valence electrons. The predicted octanol–water partition coefficient (Wildman–Crippen LogP) is 2.85. The lowest BCUT2D eigenvalue weighted by Gasteiger charge is -2.09. The van der Waals surface area contributed by atoms with Gasteiger partial charge in [0.15, 0.2) is 0 Å². The first-order valence-corrected chi connectivity index (χ1v) is 5.53. The highest BCUT2D eigenvalue weighted by Gasteiger charge is 2.11. The second-order valence-electron chi connectivity index (χ2n) is 4.24. The average Bonchev–Trinajstić information content (AvgIpc) is 2.64. The Kier molecular flexibility index (Phi) is 3.00. The van der Waals surface area contributed by atoms with Crippen LogP contribution in [0, 0.1) is 13.8 Å². The molecule has 1 aromatic carbocycles. The van der Waals surface area contributed by atoms with Gasteiger partial charge in [-0.25, -0.2) is 4.79 Å². The van der Waals surface area contributed by atoms with Crippen molar-refractivity contribution >= 4 is 5.97 Å². The van der Waals surface area contributed by atoms with Gasteiger partial charge in [-0.3, -0.25) is 0 Å². The van der Waals surface area contributed by atoms with Gasteiger partial charge in [-0.2, -0.15) is 0 Å². The number of nitrogens with zero attached hydrogens (tertiary/aromatic N) is 1. The van der Waals surface area contributed by atoms with Crippen molar-refractivity contribution in [3.05, 3.63) is 58.9 Å². The summed E-state index contributed by atoms with van der Waals surface area (Å²) in [7, 11) is 0. The lowest BCUT2D eigenvalue weighted by atomic mass is 10.1. The van der Waals surface area contributed by atoms with Gasteiger partial charge in [0.25, 0.3) is 0 Å². The largest absolute Gasteiger partial charge is 0.477 e. The molecule has 0 unspecified atom stereocenters. The molecule has 0 aliphatic carbocycles. The smallest absolute Gasteiger partial charge is 0.352 e. The third-order valence-corrected chi connectivity index (χ3v) is 2.88. The minimum Gasteiger partial charge on any atom is -0.477 e. The van der Waals surface area contributed by atoms with Crippen LogP contribution in [0.25, 0.3) is 0 Å². The Balaban J connectivity index is 2.32. The molecule has 3 nitrogen and oxygen atoms in total. The zero-order valence-electron chi connectivity index (χ0n) is 9.97. The van der Waals surface area contributed by atoms with Gasteiger partial charge in [-0.1, -0.05) is 29.8 Å². The molecule has 2 aromatic rings. The Morgan fingerprint density at radius 2 is 1.76 bits per heavy atom. The standard InChI is InChI=1S/C14H15NO2/c1-10-3-6-12(7-4-10)9-15-11(2)5-8-13(15)14(16)17/h3-8H,9H2,1-2H3,(H,16,17). The molecule has 0 aliphatic rings. The highest BCUT2D eigenvalue weighted by molar-refractivity contribution is 5.86. The number of aromatic nitrogens is 1. The second-order valence-corrected chi connectivity index (χ2v) is 4.24. The van der Waals surface area contributed by atoms with Crippen LogP contribution >= 0.6 is 0 Å². The molecule has 0 bridgehead atoms. The van der Waals surface area contributed by atoms with Crippen LogP contribution in [-0.4, -0.2) is 15.6 Å². The van der Waals surface area contributed by atoms with Crippen LogP contribution in [0.3, 0.4) is 0 Å². The van der Waals surface area contributed by atoms with E-state index in [1.807, 2.05) is 48.7 Å². The molecular weight excluding hydrogens is 214 g/mol. The maximum atomic E-state index is 11.1. The van der Waals surface area contributed by atoms with Crippen LogP contribution in [0.5, 0.6) is 0 Å². The Labute approximate surface area is 100 Å². The normalized spacial score (nSPS) is 10.5. The summed E-state index contributed by atoms with van der Waals surface area (Å²) in [5, 5.41) is 9.08. The molecule has 1 aromatic heterocycles. The van der Waals surface area contributed by atoms with Gasteiger partial charge in [0.05, 0.1) is 0 Å². The summed E-state index contributed by atoms with van der Waals surface area (Å²) in [6, 6.07) is 11.6. The van der Waals surface area contributed by atoms with E-state index in [1.54, 1.807) is 6.07 Å². The summed E-state index contributed by atoms with van der Waals surface area (Å²) >= 11 is 0. The number of carboxylic acids is 1. The predicted molar refractivity (Wildman–Crippen MR) is 66.4 cm³/mol. The Bertz CT molecular complexity index is 538. The topological polar surface area (TPSA) is 42.2 Å². The fraction of sp³-hybridized carbons (Fsp3) is 0.214. The molecule has 0 atom stereocenters. The van der Waals surface area contributed by atoms with E-state index in [9.17, 15) is 4.79 Å². The Hall–Kier alpha value is -2.03. The molecule has 3 heteroatoms. The van der Waals surface area contributed by atoms with Gasteiger partial charge in [-0.15, -0.1) is 0 Å². The van der Waals surface area contributed by atoms with E-state index in [0.29, 0.717) is 12.2 Å². The zero-order valence-corrected chi connectivity index (χ0v) is 9.97. The maximum absolute atomic E-state index is 11.1. The average molecular weight is 229 g/mol. The molecule has 0 radical (unpaired) electrons. The van der Waals surface area contributed by atoms with E-state index in [0.717, 1.165) is 11.3 Å². The van der Waals surface area contributed by atoms with E-state index in [2.05, 4.69) is 0 Å². The van der Waals surface area contributed by atoms with Gasteiger partial charge in [0, 0.05) is 12.2 Å². The maximum Gasteiger partial charge on any atom is 0.352 e. The molecule has 0 spiro atoms. The number of aromatic carboxylic acids is 1. The van der Waals surface area contributed by atoms with Crippen LogP contribution in [0.2, 0.25) is 0 Å². The number of hydrogen-bond acceptors (Lipinski definition) is 1. The van der Waals surface area contributed by atoms with Crippen molar-refractivity contribution in [2.24, 2.45) is 0 Å². The Morgan fingerprint density at radius 3 is 2.35 bits per heavy atom. The van der Waals surface area contributed by atoms with Crippen LogP contribution in [-0.2, 0) is 6.54 Å². The van der Waals surface area contributed by atoms with Gasteiger partial charge < -0.3 is 9.67 Å². The summed E-state index contributed by atoms with van der Waals surface area (Å²) < 4.78 is 1.81. The van der Waals surface area contributed by atoms with E-state index < -0.39 is 5.97 Å². The lowest BCUT2D eigenvalue weighted by Crippen LogP contribution is -2.10. The molecule has 17 heavy (non-hydrogen) atoms. The van der Waals surface area contributed by atoms with Crippen molar-refractivity contribution in [1.29, 1.82) is 0 Å². The van der Waals surface area contributed by atoms with Crippen molar-refractivity contribution in [3.63, 3.8) is 0 Å². The molecule has 0 amide bonds. The van der Waals surface area contributed by atoms with E-state index in [1.165, 1.54) is 5.56 Å². The third-order valence-electron chi connectivity index (χ3n) is 2.88. The molecule has 1 heterocycles. The molecule has 0 saturated carbocycles. The number of benzene rings is 1. The number of aryl methyl sites for hydroxylation is 2. The van der Waals surface area contributed by atoms with Crippen molar-refractivity contribution in [3.8, 4) is 0 Å². The molecule has 0 saturated heterocycles. The van der Waals surface area contributed by atoms with E-state index >= 15 is 0 Å². The molecule has 2 rings (SSSR count). The fourth-order valence-electron chi connectivity index (χ4n) is 1.84. The zero-order chi connectivity index (χ0) is 12.4. The fourth-order valence-corrected chi connectivity index (χ4v) is 1.84. The van der Waals surface area contributed by atoms with E-state index in [4.69, 9.17) is 5.11 Å². The van der Waals surface area contributed by atoms with Gasteiger partial charge in [-0.05, 0) is 31.5 Å². The van der Waals surface area contributed by atoms with Gasteiger partial charge >= 0.3 is 5.97 Å². The quantitative estimate of drug-likeness (QED) is 0.879. The first kappa shape index (κ1) is 11.5. The summed E-state index contributed by atoms with van der Waals surface area (Å²) in [5.74, 6) is -0.884. The summed E-state index contributed by atoms with van der Waals surface area (Å²) in [6.45, 7) is 4.55. The lowest BCUT2D eigenvalue weighted by molar-refractivity contribution is 0.0685. The number of carboxylic acid groups (broad SMARTS) is 1. The third kappa shape index (κ3) is 2.38. The highest BCUT2D eigenvalue weighted by atomic mass is 16.4. The number of hydrogen-bond donors (Lipinski definition) is 1. The monoisotopic (exact) mass is 229 g/mol. The van der Waals surface area contributed by atoms with Gasteiger partial charge in [0.1, 0.15) is 5.69 Å². The minimum absolute atomic E-state index is 0.336.